The number of benzene rings is 1. The van der Waals surface area contributed by atoms with Crippen molar-refractivity contribution in [1.29, 1.82) is 0 Å². The lowest BCUT2D eigenvalue weighted by Gasteiger charge is -2.04. The number of aromatic carboxylic acids is 1. The summed E-state index contributed by atoms with van der Waals surface area (Å²) in [5.41, 5.74) is 0. The van der Waals surface area contributed by atoms with Crippen molar-refractivity contribution in [1.82, 2.24) is 0 Å². The standard InChI is InChI=1S/C11H10O4S/c1-14-7-3-4-8(15-2)10-6(7)5-9(16-10)11(12)13/h3-5H,1-2H3,(H,12,13). The molecule has 16 heavy (non-hydrogen) atoms. The summed E-state index contributed by atoms with van der Waals surface area (Å²) < 4.78 is 11.2. The minimum absolute atomic E-state index is 0.276. The summed E-state index contributed by atoms with van der Waals surface area (Å²) in [6.07, 6.45) is 0. The summed E-state index contributed by atoms with van der Waals surface area (Å²) in [5, 5.41) is 9.71. The number of carboxylic acid groups (broad SMARTS) is 1. The topological polar surface area (TPSA) is 55.8 Å². The van der Waals surface area contributed by atoms with E-state index >= 15 is 0 Å². The molecular weight excluding hydrogens is 228 g/mol. The number of thiophene rings is 1. The van der Waals surface area contributed by atoms with Crippen molar-refractivity contribution in [3.05, 3.63) is 23.1 Å². The van der Waals surface area contributed by atoms with E-state index in [2.05, 4.69) is 0 Å². The van der Waals surface area contributed by atoms with Gasteiger partial charge in [-0.3, -0.25) is 0 Å². The number of carboxylic acids is 1. The molecule has 0 bridgehead atoms. The monoisotopic (exact) mass is 238 g/mol. The Labute approximate surface area is 96.0 Å². The van der Waals surface area contributed by atoms with Gasteiger partial charge in [-0.25, -0.2) is 4.79 Å². The zero-order valence-electron chi connectivity index (χ0n) is 8.81. The largest absolute Gasteiger partial charge is 0.496 e. The predicted molar refractivity (Wildman–Crippen MR) is 61.9 cm³/mol. The fourth-order valence-corrected chi connectivity index (χ4v) is 2.52. The average Bonchev–Trinajstić information content (AvgIpc) is 2.72. The first-order valence-corrected chi connectivity index (χ1v) is 5.37. The number of ether oxygens (including phenoxy) is 2. The fraction of sp³-hybridized carbons (Fsp3) is 0.182. The molecular formula is C11H10O4S. The highest BCUT2D eigenvalue weighted by Gasteiger charge is 2.14. The molecule has 0 atom stereocenters. The first-order chi connectivity index (χ1) is 7.67. The molecule has 0 spiro atoms. The molecule has 0 saturated carbocycles. The second-order valence-electron chi connectivity index (χ2n) is 3.13. The van der Waals surface area contributed by atoms with Crippen LogP contribution in [0.1, 0.15) is 9.67 Å². The Kier molecular flexibility index (Phi) is 2.70. The maximum atomic E-state index is 10.9. The third-order valence-corrected chi connectivity index (χ3v) is 3.40. The van der Waals surface area contributed by atoms with Gasteiger partial charge in [0.15, 0.2) is 0 Å². The zero-order valence-corrected chi connectivity index (χ0v) is 9.63. The smallest absolute Gasteiger partial charge is 0.345 e. The van der Waals surface area contributed by atoms with Crippen molar-refractivity contribution in [2.24, 2.45) is 0 Å². The predicted octanol–water partition coefficient (Wildman–Crippen LogP) is 2.62. The summed E-state index contributed by atoms with van der Waals surface area (Å²) in [5.74, 6) is 0.373. The molecule has 1 aromatic heterocycles. The van der Waals surface area contributed by atoms with E-state index in [1.807, 2.05) is 0 Å². The van der Waals surface area contributed by atoms with E-state index in [0.717, 1.165) is 10.1 Å². The quantitative estimate of drug-likeness (QED) is 0.893. The van der Waals surface area contributed by atoms with Crippen LogP contribution in [0.3, 0.4) is 0 Å². The molecule has 2 rings (SSSR count). The normalized spacial score (nSPS) is 10.4. The molecule has 1 heterocycles. The van der Waals surface area contributed by atoms with Gasteiger partial charge < -0.3 is 14.6 Å². The number of methoxy groups -OCH3 is 2. The minimum atomic E-state index is -0.940. The summed E-state index contributed by atoms with van der Waals surface area (Å²) in [4.78, 5) is 11.2. The van der Waals surface area contributed by atoms with E-state index in [9.17, 15) is 4.79 Å². The molecule has 0 aliphatic carbocycles. The SMILES string of the molecule is COc1ccc(OC)c2sc(C(=O)O)cc12. The van der Waals surface area contributed by atoms with Crippen LogP contribution in [0.25, 0.3) is 10.1 Å². The van der Waals surface area contributed by atoms with Gasteiger partial charge in [0.1, 0.15) is 16.4 Å². The molecule has 0 aliphatic rings. The Hall–Kier alpha value is -1.75. The van der Waals surface area contributed by atoms with Gasteiger partial charge in [-0.15, -0.1) is 11.3 Å². The second-order valence-corrected chi connectivity index (χ2v) is 4.18. The van der Waals surface area contributed by atoms with Crippen molar-refractivity contribution in [2.45, 2.75) is 0 Å². The Balaban J connectivity index is 2.75. The van der Waals surface area contributed by atoms with Gasteiger partial charge in [-0.05, 0) is 18.2 Å². The lowest BCUT2D eigenvalue weighted by molar-refractivity contribution is 0.0702. The number of hydrogen-bond donors (Lipinski definition) is 1. The third-order valence-electron chi connectivity index (χ3n) is 2.26. The number of rotatable bonds is 3. The van der Waals surface area contributed by atoms with E-state index in [1.54, 1.807) is 32.4 Å². The van der Waals surface area contributed by atoms with Crippen LogP contribution in [0.2, 0.25) is 0 Å². The van der Waals surface area contributed by atoms with E-state index in [-0.39, 0.29) is 4.88 Å². The number of hydrogen-bond acceptors (Lipinski definition) is 4. The van der Waals surface area contributed by atoms with Crippen molar-refractivity contribution < 1.29 is 19.4 Å². The number of carbonyl (C=O) groups is 1. The van der Waals surface area contributed by atoms with Gasteiger partial charge in [-0.2, -0.15) is 0 Å². The molecule has 5 heteroatoms. The summed E-state index contributed by atoms with van der Waals surface area (Å²) >= 11 is 1.18. The van der Waals surface area contributed by atoms with Crippen molar-refractivity contribution in [3.8, 4) is 11.5 Å². The molecule has 2 aromatic rings. The van der Waals surface area contributed by atoms with E-state index in [4.69, 9.17) is 14.6 Å². The Bertz CT molecular complexity index is 503. The highest BCUT2D eigenvalue weighted by molar-refractivity contribution is 7.21. The number of fused-ring (bicyclic) bond motifs is 1. The maximum absolute atomic E-state index is 10.9. The lowest BCUT2D eigenvalue weighted by atomic mass is 10.2. The van der Waals surface area contributed by atoms with Crippen LogP contribution in [-0.4, -0.2) is 25.3 Å². The fourth-order valence-electron chi connectivity index (χ4n) is 1.52. The first kappa shape index (κ1) is 10.8. The minimum Gasteiger partial charge on any atom is -0.496 e. The maximum Gasteiger partial charge on any atom is 0.345 e. The summed E-state index contributed by atoms with van der Waals surface area (Å²) in [7, 11) is 3.11. The zero-order chi connectivity index (χ0) is 11.7. The first-order valence-electron chi connectivity index (χ1n) is 4.55. The molecule has 1 N–H and O–H groups in total. The average molecular weight is 238 g/mol. The molecule has 0 aliphatic heterocycles. The molecule has 1 aromatic carbocycles. The van der Waals surface area contributed by atoms with Crippen LogP contribution in [0.15, 0.2) is 18.2 Å². The molecule has 0 amide bonds. The second kappa shape index (κ2) is 4.02. The highest BCUT2D eigenvalue weighted by Crippen LogP contribution is 2.39. The molecule has 4 nitrogen and oxygen atoms in total. The third kappa shape index (κ3) is 1.59. The molecule has 84 valence electrons. The van der Waals surface area contributed by atoms with Gasteiger partial charge in [0.25, 0.3) is 0 Å². The van der Waals surface area contributed by atoms with Crippen molar-refractivity contribution in [3.63, 3.8) is 0 Å². The van der Waals surface area contributed by atoms with Crippen LogP contribution in [0.4, 0.5) is 0 Å². The van der Waals surface area contributed by atoms with E-state index in [0.29, 0.717) is 11.5 Å². The van der Waals surface area contributed by atoms with Crippen LogP contribution < -0.4 is 9.47 Å². The van der Waals surface area contributed by atoms with Crippen molar-refractivity contribution >= 4 is 27.4 Å². The van der Waals surface area contributed by atoms with Crippen LogP contribution in [-0.2, 0) is 0 Å². The van der Waals surface area contributed by atoms with Crippen LogP contribution in [0, 0.1) is 0 Å². The van der Waals surface area contributed by atoms with Gasteiger partial charge >= 0.3 is 5.97 Å². The molecule has 0 unspecified atom stereocenters. The van der Waals surface area contributed by atoms with E-state index in [1.165, 1.54) is 11.3 Å². The van der Waals surface area contributed by atoms with Gasteiger partial charge in [-0.1, -0.05) is 0 Å². The van der Waals surface area contributed by atoms with Gasteiger partial charge in [0, 0.05) is 5.39 Å². The van der Waals surface area contributed by atoms with Crippen LogP contribution >= 0.6 is 11.3 Å². The Morgan fingerprint density at radius 2 is 1.88 bits per heavy atom. The Morgan fingerprint density at radius 3 is 2.44 bits per heavy atom. The molecule has 0 radical (unpaired) electrons. The Morgan fingerprint density at radius 1 is 1.25 bits per heavy atom. The summed E-state index contributed by atoms with van der Waals surface area (Å²) in [6, 6.07) is 5.13. The van der Waals surface area contributed by atoms with Gasteiger partial charge in [0.2, 0.25) is 0 Å². The van der Waals surface area contributed by atoms with E-state index < -0.39 is 5.97 Å². The summed E-state index contributed by atoms with van der Waals surface area (Å²) in [6.45, 7) is 0. The highest BCUT2D eigenvalue weighted by atomic mass is 32.1. The van der Waals surface area contributed by atoms with Crippen molar-refractivity contribution in [2.75, 3.05) is 14.2 Å². The molecule has 0 saturated heterocycles. The van der Waals surface area contributed by atoms with Crippen LogP contribution in [0.5, 0.6) is 11.5 Å². The van der Waals surface area contributed by atoms with Gasteiger partial charge in [0.05, 0.1) is 18.9 Å². The molecule has 0 fully saturated rings. The lowest BCUT2D eigenvalue weighted by Crippen LogP contribution is -1.89.